The third-order valence-corrected chi connectivity index (χ3v) is 12.1. The Morgan fingerprint density at radius 3 is 1.32 bits per heavy atom. The highest BCUT2D eigenvalue weighted by Gasteiger charge is 2.24. The number of fused-ring (bicyclic) bond motifs is 11. The van der Waals surface area contributed by atoms with Crippen LogP contribution in [0.5, 0.6) is 0 Å². The number of para-hydroxylation sites is 1. The summed E-state index contributed by atoms with van der Waals surface area (Å²) in [5, 5.41) is 14.9. The molecule has 0 fully saturated rings. The summed E-state index contributed by atoms with van der Waals surface area (Å²) >= 11 is 0. The smallest absolute Gasteiger partial charge is 0.136 e. The van der Waals surface area contributed by atoms with Gasteiger partial charge in [0.05, 0.1) is 0 Å². The highest BCUT2D eigenvalue weighted by molar-refractivity contribution is 6.32. The zero-order valence-corrected chi connectivity index (χ0v) is 31.0. The first-order chi connectivity index (χ1) is 28.3. The second-order valence-electron chi connectivity index (χ2n) is 15.1. The van der Waals surface area contributed by atoms with Gasteiger partial charge >= 0.3 is 0 Å². The molecule has 0 amide bonds. The molecule has 0 aliphatic heterocycles. The van der Waals surface area contributed by atoms with E-state index in [2.05, 4.69) is 200 Å². The first-order valence-electron chi connectivity index (χ1n) is 19.7. The maximum atomic E-state index is 6.47. The molecule has 1 aromatic heterocycles. The highest BCUT2D eigenvalue weighted by atomic mass is 16.3. The Morgan fingerprint density at radius 1 is 0.228 bits per heavy atom. The highest BCUT2D eigenvalue weighted by Crippen LogP contribution is 2.51. The summed E-state index contributed by atoms with van der Waals surface area (Å²) in [5.41, 5.74) is 11.4. The van der Waals surface area contributed by atoms with Crippen LogP contribution in [0.3, 0.4) is 0 Å². The van der Waals surface area contributed by atoms with Crippen molar-refractivity contribution in [2.45, 2.75) is 0 Å². The van der Waals surface area contributed by atoms with Gasteiger partial charge in [-0.15, -0.1) is 0 Å². The predicted molar refractivity (Wildman–Crippen MR) is 243 cm³/mol. The number of hydrogen-bond acceptors (Lipinski definition) is 1. The first kappa shape index (κ1) is 31.8. The summed E-state index contributed by atoms with van der Waals surface area (Å²) in [7, 11) is 0. The first-order valence-corrected chi connectivity index (χ1v) is 19.7. The number of furan rings is 1. The van der Waals surface area contributed by atoms with Crippen molar-refractivity contribution in [3.8, 4) is 44.5 Å². The van der Waals surface area contributed by atoms with Crippen LogP contribution in [0, 0.1) is 0 Å². The fraction of sp³-hybridized carbons (Fsp3) is 0. The molecule has 0 atom stereocenters. The predicted octanol–water partition coefficient (Wildman–Crippen LogP) is 16.0. The molecule has 12 rings (SSSR count). The van der Waals surface area contributed by atoms with Crippen molar-refractivity contribution in [1.82, 2.24) is 0 Å². The lowest BCUT2D eigenvalue weighted by Gasteiger charge is -2.23. The Hall–Kier alpha value is -7.48. The standard InChI is InChI=1S/C56H34O/c1-2-16-35(17-3-1)37-27-14-28-38(36-32-33-43-42-21-12-13-31-51(42)57-52(43)34-36)55(37)56-48-25-10-8-23-46(48)54(47-24-9-11-26-49(47)56)50-30-15-29-45-41-19-5-4-18-39(41)40-20-6-7-22-44(40)53(45)50/h1-34H. The van der Waals surface area contributed by atoms with Crippen molar-refractivity contribution in [3.05, 3.63) is 206 Å². The van der Waals surface area contributed by atoms with Crippen molar-refractivity contribution < 1.29 is 4.42 Å². The van der Waals surface area contributed by atoms with Gasteiger partial charge in [-0.05, 0) is 117 Å². The van der Waals surface area contributed by atoms with E-state index in [-0.39, 0.29) is 0 Å². The van der Waals surface area contributed by atoms with Crippen molar-refractivity contribution in [3.63, 3.8) is 0 Å². The molecule has 1 heteroatoms. The fourth-order valence-electron chi connectivity index (χ4n) is 9.67. The molecule has 0 aliphatic carbocycles. The number of rotatable bonds is 4. The molecule has 11 aromatic carbocycles. The number of hydrogen-bond donors (Lipinski definition) is 0. The molecule has 12 aromatic rings. The average molecular weight is 723 g/mol. The maximum absolute atomic E-state index is 6.47. The summed E-state index contributed by atoms with van der Waals surface area (Å²) < 4.78 is 6.47. The van der Waals surface area contributed by atoms with Crippen LogP contribution in [-0.2, 0) is 0 Å². The van der Waals surface area contributed by atoms with Crippen molar-refractivity contribution in [2.75, 3.05) is 0 Å². The van der Waals surface area contributed by atoms with Crippen molar-refractivity contribution in [2.24, 2.45) is 0 Å². The molecular weight excluding hydrogens is 689 g/mol. The van der Waals surface area contributed by atoms with E-state index in [1.165, 1.54) is 92.8 Å². The molecule has 0 radical (unpaired) electrons. The van der Waals surface area contributed by atoms with Crippen LogP contribution in [-0.4, -0.2) is 0 Å². The summed E-state index contributed by atoms with van der Waals surface area (Å²) in [4.78, 5) is 0. The molecule has 0 aliphatic rings. The van der Waals surface area contributed by atoms with E-state index in [1.54, 1.807) is 0 Å². The topological polar surface area (TPSA) is 13.1 Å². The van der Waals surface area contributed by atoms with Crippen molar-refractivity contribution in [1.29, 1.82) is 0 Å². The Balaban J connectivity index is 1.22. The molecule has 0 saturated heterocycles. The minimum absolute atomic E-state index is 0.894. The van der Waals surface area contributed by atoms with Crippen LogP contribution in [0.15, 0.2) is 211 Å². The van der Waals surface area contributed by atoms with Gasteiger partial charge in [-0.1, -0.05) is 188 Å². The number of benzene rings is 11. The Labute approximate surface area is 329 Å². The largest absolute Gasteiger partial charge is 0.456 e. The van der Waals surface area contributed by atoms with E-state index < -0.39 is 0 Å². The van der Waals surface area contributed by atoms with Crippen LogP contribution in [0.2, 0.25) is 0 Å². The van der Waals surface area contributed by atoms with Crippen LogP contribution in [0.1, 0.15) is 0 Å². The average Bonchev–Trinajstić information content (AvgIpc) is 3.66. The van der Waals surface area contributed by atoms with E-state index in [9.17, 15) is 0 Å². The van der Waals surface area contributed by atoms with E-state index >= 15 is 0 Å². The quantitative estimate of drug-likeness (QED) is 0.130. The van der Waals surface area contributed by atoms with Gasteiger partial charge in [0, 0.05) is 10.8 Å². The van der Waals surface area contributed by atoms with Crippen LogP contribution in [0.4, 0.5) is 0 Å². The van der Waals surface area contributed by atoms with Gasteiger partial charge in [0.15, 0.2) is 0 Å². The van der Waals surface area contributed by atoms with Gasteiger partial charge < -0.3 is 4.42 Å². The molecule has 1 heterocycles. The minimum Gasteiger partial charge on any atom is -0.456 e. The van der Waals surface area contributed by atoms with E-state index in [4.69, 9.17) is 4.42 Å². The van der Waals surface area contributed by atoms with Gasteiger partial charge in [-0.25, -0.2) is 0 Å². The van der Waals surface area contributed by atoms with Gasteiger partial charge in [0.2, 0.25) is 0 Å². The molecule has 264 valence electrons. The third-order valence-electron chi connectivity index (χ3n) is 12.1. The third kappa shape index (κ3) is 4.76. The lowest BCUT2D eigenvalue weighted by atomic mass is 9.80. The molecule has 0 spiro atoms. The van der Waals surface area contributed by atoms with Gasteiger partial charge in [0.1, 0.15) is 11.2 Å². The second-order valence-corrected chi connectivity index (χ2v) is 15.1. The Morgan fingerprint density at radius 2 is 0.667 bits per heavy atom. The summed E-state index contributed by atoms with van der Waals surface area (Å²) in [6.07, 6.45) is 0. The molecule has 0 bridgehead atoms. The lowest BCUT2D eigenvalue weighted by molar-refractivity contribution is 0.669. The van der Waals surface area contributed by atoms with Crippen LogP contribution in [0.25, 0.3) is 120 Å². The van der Waals surface area contributed by atoms with Gasteiger partial charge in [-0.3, -0.25) is 0 Å². The molecule has 0 unspecified atom stereocenters. The van der Waals surface area contributed by atoms with Gasteiger partial charge in [0.25, 0.3) is 0 Å². The van der Waals surface area contributed by atoms with Crippen molar-refractivity contribution >= 4 is 75.8 Å². The second kappa shape index (κ2) is 12.5. The zero-order valence-electron chi connectivity index (χ0n) is 31.0. The molecule has 0 N–H and O–H groups in total. The maximum Gasteiger partial charge on any atom is 0.136 e. The minimum atomic E-state index is 0.894. The summed E-state index contributed by atoms with van der Waals surface area (Å²) in [5.74, 6) is 0. The van der Waals surface area contributed by atoms with Crippen LogP contribution < -0.4 is 0 Å². The normalized spacial score (nSPS) is 11.9. The Bertz CT molecular complexity index is 3470. The zero-order chi connectivity index (χ0) is 37.5. The molecule has 57 heavy (non-hydrogen) atoms. The SMILES string of the molecule is c1ccc(-c2cccc(-c3ccc4c(c3)oc3ccccc34)c2-c2c3ccccc3c(-c3cccc4c5ccccc5c5ccccc5c34)c3ccccc23)cc1. The van der Waals surface area contributed by atoms with E-state index in [1.807, 2.05) is 6.07 Å². The Kier molecular flexibility index (Phi) is 7.00. The van der Waals surface area contributed by atoms with E-state index in [0.29, 0.717) is 0 Å². The van der Waals surface area contributed by atoms with Crippen LogP contribution >= 0.6 is 0 Å². The summed E-state index contributed by atoms with van der Waals surface area (Å²) in [6, 6.07) is 75.4. The lowest BCUT2D eigenvalue weighted by Crippen LogP contribution is -1.96. The molecule has 1 nitrogen and oxygen atoms in total. The molecular formula is C56H34O. The van der Waals surface area contributed by atoms with E-state index in [0.717, 1.165) is 27.5 Å². The van der Waals surface area contributed by atoms with Gasteiger partial charge in [-0.2, -0.15) is 0 Å². The monoisotopic (exact) mass is 722 g/mol. The summed E-state index contributed by atoms with van der Waals surface area (Å²) in [6.45, 7) is 0. The fourth-order valence-corrected chi connectivity index (χ4v) is 9.67. The molecule has 0 saturated carbocycles.